The fraction of sp³-hybridized carbons (Fsp3) is 0.500. The Morgan fingerprint density at radius 2 is 2.00 bits per heavy atom. The molecule has 0 radical (unpaired) electrons. The van der Waals surface area contributed by atoms with E-state index in [2.05, 4.69) is 5.32 Å². The van der Waals surface area contributed by atoms with E-state index in [0.29, 0.717) is 32.7 Å². The van der Waals surface area contributed by atoms with Crippen molar-refractivity contribution in [3.05, 3.63) is 35.9 Å². The van der Waals surface area contributed by atoms with Gasteiger partial charge in [0.1, 0.15) is 0 Å². The van der Waals surface area contributed by atoms with Crippen molar-refractivity contribution in [2.75, 3.05) is 19.7 Å². The van der Waals surface area contributed by atoms with E-state index in [-0.39, 0.29) is 5.91 Å². The number of amides is 1. The third-order valence-electron chi connectivity index (χ3n) is 2.51. The fourth-order valence-corrected chi connectivity index (χ4v) is 1.52. The zero-order valence-electron chi connectivity index (χ0n) is 10.7. The molecule has 0 saturated carbocycles. The molecule has 0 aliphatic rings. The average molecular weight is 250 g/mol. The summed E-state index contributed by atoms with van der Waals surface area (Å²) in [6.45, 7) is 2.51. The predicted molar refractivity (Wildman–Crippen MR) is 72.0 cm³/mol. The first-order chi connectivity index (χ1) is 8.83. The lowest BCUT2D eigenvalue weighted by atomic mass is 10.2. The molecule has 0 spiro atoms. The Labute approximate surface area is 109 Å². The van der Waals surface area contributed by atoms with Gasteiger partial charge in [-0.2, -0.15) is 0 Å². The number of hydrogen-bond acceptors (Lipinski definition) is 3. The Kier molecular flexibility index (Phi) is 7.84. The monoisotopic (exact) mass is 250 g/mol. The molecular weight excluding hydrogens is 228 g/mol. The van der Waals surface area contributed by atoms with Crippen molar-refractivity contribution < 1.29 is 9.53 Å². The van der Waals surface area contributed by atoms with E-state index >= 15 is 0 Å². The fourth-order valence-electron chi connectivity index (χ4n) is 1.52. The lowest BCUT2D eigenvalue weighted by Crippen LogP contribution is -2.25. The molecule has 100 valence electrons. The van der Waals surface area contributed by atoms with Gasteiger partial charge in [-0.1, -0.05) is 30.3 Å². The maximum atomic E-state index is 11.2. The van der Waals surface area contributed by atoms with Gasteiger partial charge in [-0.3, -0.25) is 4.79 Å². The number of nitrogens with two attached hydrogens (primary N) is 1. The number of carbonyl (C=O) groups is 1. The van der Waals surface area contributed by atoms with Gasteiger partial charge < -0.3 is 15.8 Å². The molecule has 0 saturated heterocycles. The van der Waals surface area contributed by atoms with E-state index in [1.54, 1.807) is 0 Å². The largest absolute Gasteiger partial charge is 0.377 e. The van der Waals surface area contributed by atoms with Crippen molar-refractivity contribution in [3.63, 3.8) is 0 Å². The van der Waals surface area contributed by atoms with Crippen molar-refractivity contribution >= 4 is 5.91 Å². The van der Waals surface area contributed by atoms with Crippen LogP contribution in [0.25, 0.3) is 0 Å². The summed E-state index contributed by atoms with van der Waals surface area (Å²) in [5.74, 6) is 0.0727. The standard InChI is InChI=1S/C14H22N2O2/c15-9-4-8-14(17)16-10-5-11-18-12-13-6-2-1-3-7-13/h1-3,6-7H,4-5,8-12,15H2,(H,16,17). The first-order valence-electron chi connectivity index (χ1n) is 6.41. The van der Waals surface area contributed by atoms with Crippen LogP contribution in [0.2, 0.25) is 0 Å². The third-order valence-corrected chi connectivity index (χ3v) is 2.51. The van der Waals surface area contributed by atoms with Gasteiger partial charge >= 0.3 is 0 Å². The molecule has 18 heavy (non-hydrogen) atoms. The molecule has 3 N–H and O–H groups in total. The minimum Gasteiger partial charge on any atom is -0.377 e. The quantitative estimate of drug-likeness (QED) is 0.652. The number of nitrogens with one attached hydrogen (secondary N) is 1. The maximum absolute atomic E-state index is 11.2. The van der Waals surface area contributed by atoms with E-state index < -0.39 is 0 Å². The van der Waals surface area contributed by atoms with Crippen molar-refractivity contribution in [1.82, 2.24) is 5.32 Å². The van der Waals surface area contributed by atoms with Gasteiger partial charge in [0.05, 0.1) is 6.61 Å². The topological polar surface area (TPSA) is 64.4 Å². The molecule has 0 aliphatic carbocycles. The highest BCUT2D eigenvalue weighted by molar-refractivity contribution is 5.75. The van der Waals surface area contributed by atoms with Gasteiger partial charge in [-0.15, -0.1) is 0 Å². The lowest BCUT2D eigenvalue weighted by Gasteiger charge is -2.06. The van der Waals surface area contributed by atoms with Gasteiger partial charge in [0.15, 0.2) is 0 Å². The summed E-state index contributed by atoms with van der Waals surface area (Å²) in [5, 5.41) is 2.84. The molecule has 0 aromatic heterocycles. The highest BCUT2D eigenvalue weighted by Crippen LogP contribution is 2.00. The summed E-state index contributed by atoms with van der Waals surface area (Å²) >= 11 is 0. The molecule has 0 atom stereocenters. The Morgan fingerprint density at radius 1 is 1.22 bits per heavy atom. The van der Waals surface area contributed by atoms with Gasteiger partial charge in [0, 0.05) is 19.6 Å². The molecule has 4 nitrogen and oxygen atoms in total. The van der Waals surface area contributed by atoms with E-state index in [1.807, 2.05) is 30.3 Å². The van der Waals surface area contributed by atoms with Crippen LogP contribution in [-0.4, -0.2) is 25.6 Å². The molecule has 1 aromatic carbocycles. The van der Waals surface area contributed by atoms with Crippen molar-refractivity contribution in [3.8, 4) is 0 Å². The Bertz CT molecular complexity index is 328. The van der Waals surface area contributed by atoms with Crippen LogP contribution in [0.15, 0.2) is 30.3 Å². The highest BCUT2D eigenvalue weighted by Gasteiger charge is 1.98. The number of ether oxygens (including phenoxy) is 1. The first kappa shape index (κ1) is 14.7. The van der Waals surface area contributed by atoms with Gasteiger partial charge in [0.25, 0.3) is 0 Å². The molecule has 4 heteroatoms. The number of rotatable bonds is 9. The normalized spacial score (nSPS) is 10.3. The lowest BCUT2D eigenvalue weighted by molar-refractivity contribution is -0.121. The van der Waals surface area contributed by atoms with Crippen LogP contribution >= 0.6 is 0 Å². The molecule has 0 aliphatic heterocycles. The number of hydrogen-bond donors (Lipinski definition) is 2. The van der Waals surface area contributed by atoms with Crippen LogP contribution in [0.5, 0.6) is 0 Å². The van der Waals surface area contributed by atoms with Gasteiger partial charge in [-0.25, -0.2) is 0 Å². The molecule has 1 aromatic rings. The van der Waals surface area contributed by atoms with E-state index in [1.165, 1.54) is 5.56 Å². The Hall–Kier alpha value is -1.39. The van der Waals surface area contributed by atoms with E-state index in [9.17, 15) is 4.79 Å². The number of carbonyl (C=O) groups excluding carboxylic acids is 1. The van der Waals surface area contributed by atoms with Crippen molar-refractivity contribution in [2.24, 2.45) is 5.73 Å². The molecular formula is C14H22N2O2. The second-order valence-electron chi connectivity index (χ2n) is 4.13. The van der Waals surface area contributed by atoms with Crippen LogP contribution < -0.4 is 11.1 Å². The third kappa shape index (κ3) is 7.04. The Balaban J connectivity index is 1.94. The minimum atomic E-state index is 0.0727. The van der Waals surface area contributed by atoms with Crippen LogP contribution in [0.3, 0.4) is 0 Å². The summed E-state index contributed by atoms with van der Waals surface area (Å²) in [7, 11) is 0. The van der Waals surface area contributed by atoms with Crippen LogP contribution in [0, 0.1) is 0 Å². The van der Waals surface area contributed by atoms with Crippen molar-refractivity contribution in [2.45, 2.75) is 25.9 Å². The molecule has 0 fully saturated rings. The molecule has 0 bridgehead atoms. The van der Waals surface area contributed by atoms with Gasteiger partial charge in [-0.05, 0) is 24.9 Å². The summed E-state index contributed by atoms with van der Waals surface area (Å²) in [5.41, 5.74) is 6.50. The summed E-state index contributed by atoms with van der Waals surface area (Å²) in [6, 6.07) is 10.1. The SMILES string of the molecule is NCCCC(=O)NCCCOCc1ccccc1. The predicted octanol–water partition coefficient (Wildman–Crippen LogP) is 1.45. The molecule has 1 rings (SSSR count). The summed E-state index contributed by atoms with van der Waals surface area (Å²) < 4.78 is 5.51. The zero-order valence-corrected chi connectivity index (χ0v) is 10.7. The zero-order chi connectivity index (χ0) is 13.1. The molecule has 0 unspecified atom stereocenters. The first-order valence-corrected chi connectivity index (χ1v) is 6.41. The highest BCUT2D eigenvalue weighted by atomic mass is 16.5. The van der Waals surface area contributed by atoms with Crippen molar-refractivity contribution in [1.29, 1.82) is 0 Å². The van der Waals surface area contributed by atoms with E-state index in [0.717, 1.165) is 12.8 Å². The summed E-state index contributed by atoms with van der Waals surface area (Å²) in [4.78, 5) is 11.2. The Morgan fingerprint density at radius 3 is 2.72 bits per heavy atom. The maximum Gasteiger partial charge on any atom is 0.220 e. The van der Waals surface area contributed by atoms with E-state index in [4.69, 9.17) is 10.5 Å². The summed E-state index contributed by atoms with van der Waals surface area (Å²) in [6.07, 6.45) is 2.10. The van der Waals surface area contributed by atoms with Crippen LogP contribution in [-0.2, 0) is 16.1 Å². The average Bonchev–Trinajstić information content (AvgIpc) is 2.41. The molecule has 0 heterocycles. The second-order valence-corrected chi connectivity index (χ2v) is 4.13. The minimum absolute atomic E-state index is 0.0727. The van der Waals surface area contributed by atoms with Gasteiger partial charge in [0.2, 0.25) is 5.91 Å². The smallest absolute Gasteiger partial charge is 0.220 e. The van der Waals surface area contributed by atoms with Crippen LogP contribution in [0.1, 0.15) is 24.8 Å². The second kappa shape index (κ2) is 9.62. The number of benzene rings is 1. The molecule has 1 amide bonds. The van der Waals surface area contributed by atoms with Crippen LogP contribution in [0.4, 0.5) is 0 Å².